The van der Waals surface area contributed by atoms with Crippen LogP contribution in [0.15, 0.2) is 88.9 Å². The van der Waals surface area contributed by atoms with Crippen LogP contribution in [0.3, 0.4) is 0 Å². The number of aliphatic imine (C=N–C) groups is 2. The zero-order chi connectivity index (χ0) is 21.9. The lowest BCUT2D eigenvalue weighted by Gasteiger charge is -2.05. The lowest BCUT2D eigenvalue weighted by Crippen LogP contribution is -1.98. The highest BCUT2D eigenvalue weighted by molar-refractivity contribution is 6.12. The smallest absolute Gasteiger partial charge is 0.169 e. The number of nitrogen functional groups attached to an aromatic ring is 1. The predicted molar refractivity (Wildman–Crippen MR) is 129 cm³/mol. The average molecular weight is 416 g/mol. The SMILES string of the molecule is N#Cc1c(-c2ccc(N=C3C=CC=CC3)cc2)nn2c1N=CC(c1ccccc1N)=CC2. The summed E-state index contributed by atoms with van der Waals surface area (Å²) in [7, 11) is 0. The molecule has 154 valence electrons. The maximum atomic E-state index is 9.86. The lowest BCUT2D eigenvalue weighted by molar-refractivity contribution is 0.711. The van der Waals surface area contributed by atoms with Gasteiger partial charge in [-0.25, -0.2) is 9.67 Å². The number of hydrogen-bond donors (Lipinski definition) is 1. The molecule has 0 radical (unpaired) electrons. The number of fused-ring (bicyclic) bond motifs is 1. The van der Waals surface area contributed by atoms with E-state index in [9.17, 15) is 5.26 Å². The second-order valence-corrected chi connectivity index (χ2v) is 7.49. The Morgan fingerprint density at radius 1 is 1.06 bits per heavy atom. The molecule has 0 fully saturated rings. The summed E-state index contributed by atoms with van der Waals surface area (Å²) < 4.78 is 1.75. The molecule has 32 heavy (non-hydrogen) atoms. The minimum atomic E-state index is 0.455. The highest BCUT2D eigenvalue weighted by Crippen LogP contribution is 2.33. The molecule has 1 aromatic heterocycles. The quantitative estimate of drug-likeness (QED) is 0.580. The van der Waals surface area contributed by atoms with E-state index in [-0.39, 0.29) is 0 Å². The monoisotopic (exact) mass is 416 g/mol. The standard InChI is InChI=1S/C26H20N6/c27-16-23-25(18-10-12-21(13-11-18)30-20-6-2-1-3-7-20)31-32-15-14-19(17-29-26(23)32)22-8-4-5-9-24(22)28/h1-6,8-14,17H,7,15,28H2. The number of hydrogen-bond acceptors (Lipinski definition) is 5. The van der Waals surface area contributed by atoms with Crippen molar-refractivity contribution in [1.82, 2.24) is 9.78 Å². The van der Waals surface area contributed by atoms with Crippen molar-refractivity contribution < 1.29 is 0 Å². The maximum absolute atomic E-state index is 9.86. The number of allylic oxidation sites excluding steroid dienone is 6. The van der Waals surface area contributed by atoms with Crippen LogP contribution in [0.4, 0.5) is 17.2 Å². The molecule has 5 rings (SSSR count). The first-order chi connectivity index (χ1) is 15.7. The molecular formula is C26H20N6. The van der Waals surface area contributed by atoms with Gasteiger partial charge in [0.25, 0.3) is 0 Å². The molecule has 0 saturated heterocycles. The summed E-state index contributed by atoms with van der Waals surface area (Å²) in [6.45, 7) is 0.499. The van der Waals surface area contributed by atoms with Gasteiger partial charge in [-0.2, -0.15) is 10.4 Å². The van der Waals surface area contributed by atoms with Crippen LogP contribution < -0.4 is 5.73 Å². The van der Waals surface area contributed by atoms with Crippen molar-refractivity contribution in [2.75, 3.05) is 5.73 Å². The topological polar surface area (TPSA) is 92.3 Å². The summed E-state index contributed by atoms with van der Waals surface area (Å²) in [4.78, 5) is 9.25. The van der Waals surface area contributed by atoms with E-state index in [1.165, 1.54) is 0 Å². The highest BCUT2D eigenvalue weighted by atomic mass is 15.3. The summed E-state index contributed by atoms with van der Waals surface area (Å²) in [6, 6.07) is 17.7. The Kier molecular flexibility index (Phi) is 5.06. The van der Waals surface area contributed by atoms with Crippen LogP contribution >= 0.6 is 0 Å². The van der Waals surface area contributed by atoms with Crippen LogP contribution in [0.25, 0.3) is 16.8 Å². The van der Waals surface area contributed by atoms with Gasteiger partial charge in [-0.05, 0) is 29.8 Å². The number of nitrogens with zero attached hydrogens (tertiary/aromatic N) is 5. The Bertz CT molecular complexity index is 1370. The minimum Gasteiger partial charge on any atom is -0.398 e. The molecular weight excluding hydrogens is 396 g/mol. The first kappa shape index (κ1) is 19.5. The Morgan fingerprint density at radius 3 is 2.66 bits per heavy atom. The minimum absolute atomic E-state index is 0.455. The fraction of sp³-hybridized carbons (Fsp3) is 0.0769. The van der Waals surface area contributed by atoms with E-state index in [1.54, 1.807) is 10.9 Å². The highest BCUT2D eigenvalue weighted by Gasteiger charge is 2.20. The van der Waals surface area contributed by atoms with Crippen LogP contribution in [0, 0.1) is 11.3 Å². The van der Waals surface area contributed by atoms with Crippen LogP contribution in [-0.2, 0) is 6.54 Å². The van der Waals surface area contributed by atoms with Gasteiger partial charge < -0.3 is 5.73 Å². The van der Waals surface area contributed by atoms with Crippen LogP contribution in [-0.4, -0.2) is 21.7 Å². The summed E-state index contributed by atoms with van der Waals surface area (Å²) in [5.74, 6) is 0.548. The summed E-state index contributed by atoms with van der Waals surface area (Å²) in [6.07, 6.45) is 12.7. The molecule has 3 aromatic rings. The number of aromatic nitrogens is 2. The number of benzene rings is 2. The van der Waals surface area contributed by atoms with E-state index < -0.39 is 0 Å². The van der Waals surface area contributed by atoms with Crippen LogP contribution in [0.1, 0.15) is 17.5 Å². The van der Waals surface area contributed by atoms with Gasteiger partial charge in [0.1, 0.15) is 17.3 Å². The maximum Gasteiger partial charge on any atom is 0.169 e. The zero-order valence-electron chi connectivity index (χ0n) is 17.3. The van der Waals surface area contributed by atoms with Gasteiger partial charge in [0, 0.05) is 35.2 Å². The van der Waals surface area contributed by atoms with Crippen molar-refractivity contribution >= 4 is 34.7 Å². The molecule has 0 amide bonds. The second-order valence-electron chi connectivity index (χ2n) is 7.49. The van der Waals surface area contributed by atoms with Crippen molar-refractivity contribution in [1.29, 1.82) is 5.26 Å². The van der Waals surface area contributed by atoms with E-state index in [0.29, 0.717) is 29.3 Å². The Hall–Kier alpha value is -4.50. The van der Waals surface area contributed by atoms with Gasteiger partial charge in [-0.3, -0.25) is 4.99 Å². The normalized spacial score (nSPS) is 15.8. The molecule has 0 bridgehead atoms. The fourth-order valence-electron chi connectivity index (χ4n) is 3.77. The third-order valence-corrected chi connectivity index (χ3v) is 5.40. The van der Waals surface area contributed by atoms with Gasteiger partial charge in [0.2, 0.25) is 0 Å². The van der Waals surface area contributed by atoms with Crippen molar-refractivity contribution in [2.45, 2.75) is 13.0 Å². The van der Waals surface area contributed by atoms with E-state index >= 15 is 0 Å². The number of nitrogens with two attached hydrogens (primary N) is 1. The molecule has 1 aliphatic carbocycles. The van der Waals surface area contributed by atoms with E-state index in [1.807, 2.05) is 72.8 Å². The molecule has 2 N–H and O–H groups in total. The molecule has 2 heterocycles. The lowest BCUT2D eigenvalue weighted by atomic mass is 10.0. The summed E-state index contributed by atoms with van der Waals surface area (Å²) in [5, 5.41) is 14.6. The Balaban J connectivity index is 1.45. The number of nitriles is 1. The van der Waals surface area contributed by atoms with Gasteiger partial charge in [-0.1, -0.05) is 54.6 Å². The number of rotatable bonds is 3. The summed E-state index contributed by atoms with van der Waals surface area (Å²) in [5.41, 5.74) is 12.5. The first-order valence-electron chi connectivity index (χ1n) is 10.3. The van der Waals surface area contributed by atoms with Crippen LogP contribution in [0.2, 0.25) is 0 Å². The van der Waals surface area contributed by atoms with Gasteiger partial charge in [0.15, 0.2) is 5.82 Å². The van der Waals surface area contributed by atoms with Gasteiger partial charge >= 0.3 is 0 Å². The third kappa shape index (κ3) is 3.68. The Morgan fingerprint density at radius 2 is 1.91 bits per heavy atom. The molecule has 1 aliphatic heterocycles. The van der Waals surface area contributed by atoms with E-state index in [2.05, 4.69) is 22.1 Å². The van der Waals surface area contributed by atoms with Crippen molar-refractivity contribution in [3.05, 3.63) is 90.0 Å². The fourth-order valence-corrected chi connectivity index (χ4v) is 3.77. The Labute approximate surface area is 186 Å². The molecule has 0 saturated carbocycles. The van der Waals surface area contributed by atoms with E-state index in [0.717, 1.165) is 34.5 Å². The predicted octanol–water partition coefficient (Wildman–Crippen LogP) is 5.39. The molecule has 6 nitrogen and oxygen atoms in total. The molecule has 2 aromatic carbocycles. The first-order valence-corrected chi connectivity index (χ1v) is 10.3. The van der Waals surface area contributed by atoms with Gasteiger partial charge in [-0.15, -0.1) is 0 Å². The van der Waals surface area contributed by atoms with Crippen molar-refractivity contribution in [2.24, 2.45) is 9.98 Å². The van der Waals surface area contributed by atoms with Crippen molar-refractivity contribution in [3.8, 4) is 17.3 Å². The molecule has 0 unspecified atom stereocenters. The van der Waals surface area contributed by atoms with Crippen molar-refractivity contribution in [3.63, 3.8) is 0 Å². The molecule has 6 heteroatoms. The average Bonchev–Trinajstić information content (AvgIpc) is 3.05. The van der Waals surface area contributed by atoms with Crippen LogP contribution in [0.5, 0.6) is 0 Å². The number of anilines is 1. The van der Waals surface area contributed by atoms with Gasteiger partial charge in [0.05, 0.1) is 12.2 Å². The second kappa shape index (κ2) is 8.32. The summed E-state index contributed by atoms with van der Waals surface area (Å²) >= 11 is 0. The molecule has 0 spiro atoms. The number of para-hydroxylation sites is 1. The zero-order valence-corrected chi connectivity index (χ0v) is 17.3. The van der Waals surface area contributed by atoms with E-state index in [4.69, 9.17) is 10.8 Å². The largest absolute Gasteiger partial charge is 0.398 e. The molecule has 0 atom stereocenters. The molecule has 2 aliphatic rings. The third-order valence-electron chi connectivity index (χ3n) is 5.40.